The topological polar surface area (TPSA) is 146 Å². The van der Waals surface area contributed by atoms with E-state index in [9.17, 15) is 9.59 Å². The first-order valence-electron chi connectivity index (χ1n) is 13.6. The number of pyridine rings is 2. The summed E-state index contributed by atoms with van der Waals surface area (Å²) in [6, 6.07) is 21.6. The standard InChI is InChI=1S/C32H26Br2N6O6/c1-43-23-9-11-27(25(33)13-23)45-17-29(41)39-35-15-21-7-5-19-3-4-20-6-8-22(38-32(20)31(19)37-21)16-36-40-30(42)18-46-28-12-10-24(44-2)14-26(28)34/h3-16H,17-18H2,1-2H3,(H,39,41)(H,40,42)/b35-15-,36-16-. The first kappa shape index (κ1) is 32.3. The van der Waals surface area contributed by atoms with Crippen LogP contribution < -0.4 is 29.8 Å². The van der Waals surface area contributed by atoms with E-state index in [-0.39, 0.29) is 13.2 Å². The van der Waals surface area contributed by atoms with E-state index in [0.29, 0.717) is 54.4 Å². The van der Waals surface area contributed by atoms with E-state index < -0.39 is 11.8 Å². The second-order valence-corrected chi connectivity index (χ2v) is 11.1. The number of ether oxygens (including phenoxy) is 4. The molecule has 0 spiro atoms. The lowest BCUT2D eigenvalue weighted by Crippen LogP contribution is -2.24. The van der Waals surface area contributed by atoms with Gasteiger partial charge in [0.2, 0.25) is 0 Å². The summed E-state index contributed by atoms with van der Waals surface area (Å²) in [6.07, 6.45) is 2.87. The number of nitrogens with zero attached hydrogens (tertiary/aromatic N) is 4. The van der Waals surface area contributed by atoms with Gasteiger partial charge < -0.3 is 18.9 Å². The summed E-state index contributed by atoms with van der Waals surface area (Å²) >= 11 is 6.77. The largest absolute Gasteiger partial charge is 0.497 e. The van der Waals surface area contributed by atoms with Crippen molar-refractivity contribution in [3.05, 3.63) is 93.1 Å². The Labute approximate surface area is 280 Å². The van der Waals surface area contributed by atoms with Gasteiger partial charge in [-0.1, -0.05) is 24.3 Å². The number of aromatic nitrogens is 2. The molecule has 14 heteroatoms. The fraction of sp³-hybridized carbons (Fsp3) is 0.125. The highest BCUT2D eigenvalue weighted by atomic mass is 79.9. The van der Waals surface area contributed by atoms with Gasteiger partial charge in [-0.3, -0.25) is 9.59 Å². The van der Waals surface area contributed by atoms with Gasteiger partial charge in [0.15, 0.2) is 13.2 Å². The first-order chi connectivity index (χ1) is 22.3. The number of amides is 2. The third kappa shape index (κ3) is 8.34. The number of fused-ring (bicyclic) bond motifs is 3. The minimum Gasteiger partial charge on any atom is -0.497 e. The molecule has 0 unspecified atom stereocenters. The van der Waals surface area contributed by atoms with Gasteiger partial charge in [-0.2, -0.15) is 10.2 Å². The molecule has 0 aliphatic rings. The quantitative estimate of drug-likeness (QED) is 0.0983. The zero-order chi connectivity index (χ0) is 32.5. The van der Waals surface area contributed by atoms with Crippen LogP contribution >= 0.6 is 31.9 Å². The molecule has 2 heterocycles. The normalized spacial score (nSPS) is 11.2. The SMILES string of the molecule is COc1ccc(OCC(=O)N/N=C\c2ccc3ccc4ccc(/C=N\NC(=O)COc5ccc(OC)cc5Br)nc4c3n2)c(Br)c1. The lowest BCUT2D eigenvalue weighted by molar-refractivity contribution is -0.123. The number of halogens is 2. The fourth-order valence-corrected chi connectivity index (χ4v) is 5.03. The Hall–Kier alpha value is -5.08. The highest BCUT2D eigenvalue weighted by molar-refractivity contribution is 9.11. The van der Waals surface area contributed by atoms with Gasteiger partial charge in [-0.25, -0.2) is 20.8 Å². The van der Waals surface area contributed by atoms with Crippen molar-refractivity contribution in [3.8, 4) is 23.0 Å². The van der Waals surface area contributed by atoms with Gasteiger partial charge >= 0.3 is 0 Å². The molecular weight excluding hydrogens is 724 g/mol. The minimum atomic E-state index is -0.442. The third-order valence-electron chi connectivity index (χ3n) is 6.33. The van der Waals surface area contributed by atoms with E-state index in [1.807, 2.05) is 24.3 Å². The van der Waals surface area contributed by atoms with Crippen molar-refractivity contribution in [1.82, 2.24) is 20.8 Å². The van der Waals surface area contributed by atoms with Gasteiger partial charge in [-0.15, -0.1) is 0 Å². The maximum absolute atomic E-state index is 12.3. The first-order valence-corrected chi connectivity index (χ1v) is 15.2. The molecule has 0 saturated carbocycles. The van der Waals surface area contributed by atoms with Crippen LogP contribution in [0.25, 0.3) is 21.8 Å². The molecule has 3 aromatic carbocycles. The van der Waals surface area contributed by atoms with E-state index in [4.69, 9.17) is 18.9 Å². The summed E-state index contributed by atoms with van der Waals surface area (Å²) in [6.45, 7) is -0.472. The fourth-order valence-electron chi connectivity index (χ4n) is 4.08. The summed E-state index contributed by atoms with van der Waals surface area (Å²) in [5.41, 5.74) is 7.17. The predicted octanol–water partition coefficient (Wildman–Crippen LogP) is 5.38. The minimum absolute atomic E-state index is 0.236. The molecule has 46 heavy (non-hydrogen) atoms. The second-order valence-electron chi connectivity index (χ2n) is 9.44. The number of methoxy groups -OCH3 is 2. The molecule has 0 aliphatic carbocycles. The molecule has 234 valence electrons. The smallest absolute Gasteiger partial charge is 0.277 e. The molecule has 12 nitrogen and oxygen atoms in total. The van der Waals surface area contributed by atoms with Crippen LogP contribution in [0.15, 0.2) is 91.9 Å². The predicted molar refractivity (Wildman–Crippen MR) is 181 cm³/mol. The van der Waals surface area contributed by atoms with Crippen LogP contribution in [0, 0.1) is 0 Å². The average molecular weight is 750 g/mol. The number of carbonyl (C=O) groups excluding carboxylic acids is 2. The number of hydrazone groups is 2. The highest BCUT2D eigenvalue weighted by Gasteiger charge is 2.09. The number of hydrogen-bond acceptors (Lipinski definition) is 10. The van der Waals surface area contributed by atoms with E-state index in [1.165, 1.54) is 12.4 Å². The van der Waals surface area contributed by atoms with E-state index in [0.717, 1.165) is 10.8 Å². The van der Waals surface area contributed by atoms with Crippen molar-refractivity contribution in [2.24, 2.45) is 10.2 Å². The number of benzene rings is 3. The number of carbonyl (C=O) groups is 2. The van der Waals surface area contributed by atoms with Crippen molar-refractivity contribution < 1.29 is 28.5 Å². The Morgan fingerprint density at radius 1 is 0.674 bits per heavy atom. The highest BCUT2D eigenvalue weighted by Crippen LogP contribution is 2.30. The van der Waals surface area contributed by atoms with Crippen LogP contribution in [-0.2, 0) is 9.59 Å². The second kappa shape index (κ2) is 15.3. The van der Waals surface area contributed by atoms with Crippen LogP contribution in [0.4, 0.5) is 0 Å². The Morgan fingerprint density at radius 3 is 1.48 bits per heavy atom. The zero-order valence-corrected chi connectivity index (χ0v) is 27.7. The van der Waals surface area contributed by atoms with Crippen molar-refractivity contribution in [2.75, 3.05) is 27.4 Å². The molecule has 0 fully saturated rings. The van der Waals surface area contributed by atoms with Gasteiger partial charge in [0.05, 0.1) is 58.0 Å². The van der Waals surface area contributed by atoms with Crippen molar-refractivity contribution in [2.45, 2.75) is 0 Å². The van der Waals surface area contributed by atoms with E-state index >= 15 is 0 Å². The summed E-state index contributed by atoms with van der Waals surface area (Å²) in [5, 5.41) is 9.76. The Morgan fingerprint density at radius 2 is 1.09 bits per heavy atom. The Balaban J connectivity index is 1.20. The molecule has 0 aliphatic heterocycles. The zero-order valence-electron chi connectivity index (χ0n) is 24.5. The number of rotatable bonds is 12. The summed E-state index contributed by atoms with van der Waals surface area (Å²) in [5.74, 6) is 1.43. The van der Waals surface area contributed by atoms with Crippen LogP contribution in [0.2, 0.25) is 0 Å². The number of hydrogen-bond donors (Lipinski definition) is 2. The number of nitrogens with one attached hydrogen (secondary N) is 2. The molecule has 2 N–H and O–H groups in total. The van der Waals surface area contributed by atoms with Crippen molar-refractivity contribution in [3.63, 3.8) is 0 Å². The molecule has 0 atom stereocenters. The lowest BCUT2D eigenvalue weighted by Gasteiger charge is -2.08. The Bertz CT molecular complexity index is 1830. The average Bonchev–Trinajstić information content (AvgIpc) is 3.07. The third-order valence-corrected chi connectivity index (χ3v) is 7.57. The van der Waals surface area contributed by atoms with Crippen LogP contribution in [0.5, 0.6) is 23.0 Å². The Kier molecular flexibility index (Phi) is 10.7. The molecule has 5 rings (SSSR count). The maximum Gasteiger partial charge on any atom is 0.277 e. The molecule has 5 aromatic rings. The van der Waals surface area contributed by atoms with Gasteiger partial charge in [0, 0.05) is 10.8 Å². The van der Waals surface area contributed by atoms with Gasteiger partial charge in [0.25, 0.3) is 11.8 Å². The van der Waals surface area contributed by atoms with Gasteiger partial charge in [-0.05, 0) is 80.4 Å². The van der Waals surface area contributed by atoms with Crippen LogP contribution in [0.3, 0.4) is 0 Å². The maximum atomic E-state index is 12.3. The molecular formula is C32H26Br2N6O6. The van der Waals surface area contributed by atoms with Crippen molar-refractivity contribution in [1.29, 1.82) is 0 Å². The molecule has 2 amide bonds. The van der Waals surface area contributed by atoms with Crippen molar-refractivity contribution >= 4 is 77.9 Å². The summed E-state index contributed by atoms with van der Waals surface area (Å²) in [4.78, 5) is 33.9. The molecule has 0 bridgehead atoms. The molecule has 2 aromatic heterocycles. The monoisotopic (exact) mass is 748 g/mol. The lowest BCUT2D eigenvalue weighted by atomic mass is 10.1. The summed E-state index contributed by atoms with van der Waals surface area (Å²) in [7, 11) is 3.13. The van der Waals surface area contributed by atoms with Crippen LogP contribution in [-0.4, -0.2) is 61.6 Å². The van der Waals surface area contributed by atoms with Crippen LogP contribution in [0.1, 0.15) is 11.4 Å². The molecule has 0 saturated heterocycles. The van der Waals surface area contributed by atoms with E-state index in [1.54, 1.807) is 62.8 Å². The van der Waals surface area contributed by atoms with E-state index in [2.05, 4.69) is 62.9 Å². The molecule has 0 radical (unpaired) electrons. The van der Waals surface area contributed by atoms with Gasteiger partial charge in [0.1, 0.15) is 23.0 Å². The summed E-state index contributed by atoms with van der Waals surface area (Å²) < 4.78 is 22.7.